The summed E-state index contributed by atoms with van der Waals surface area (Å²) in [6, 6.07) is 7.67. The molecule has 7 rings (SSSR count). The molecule has 0 radical (unpaired) electrons. The fourth-order valence-corrected chi connectivity index (χ4v) is 7.94. The number of benzene rings is 1. The summed E-state index contributed by atoms with van der Waals surface area (Å²) < 4.78 is 81.7. The summed E-state index contributed by atoms with van der Waals surface area (Å²) in [7, 11) is -1.50. The number of pyridine rings is 2. The SMILES string of the molecule is C[C@H]1CCCN(Cc2nc3c(C(F)(F)F)cn(-c4cc(-c5ccc(F)cc5C(=O)N5CC(F)C5)cc(C5CC5)n4)c(=O)c3n2COCC[Si](C)(C)C)C1. The highest BCUT2D eigenvalue weighted by Crippen LogP contribution is 2.42. The van der Waals surface area contributed by atoms with Gasteiger partial charge in [0.25, 0.3) is 11.5 Å². The number of rotatable bonds is 11. The fourth-order valence-electron chi connectivity index (χ4n) is 7.18. The van der Waals surface area contributed by atoms with Crippen molar-refractivity contribution >= 4 is 25.0 Å². The van der Waals surface area contributed by atoms with Gasteiger partial charge in [-0.15, -0.1) is 0 Å². The number of likely N-dealkylation sites (tertiary alicyclic amines) is 2. The number of halogens is 5. The molecule has 1 aliphatic carbocycles. The van der Waals surface area contributed by atoms with E-state index in [1.165, 1.54) is 27.7 Å². The summed E-state index contributed by atoms with van der Waals surface area (Å²) in [4.78, 5) is 40.6. The first-order chi connectivity index (χ1) is 25.1. The highest BCUT2D eigenvalue weighted by molar-refractivity contribution is 6.76. The number of nitrogens with zero attached hydrogens (tertiary/aromatic N) is 6. The first-order valence-corrected chi connectivity index (χ1v) is 22.0. The summed E-state index contributed by atoms with van der Waals surface area (Å²) in [5.41, 5.74) is -1.31. The number of hydrogen-bond donors (Lipinski definition) is 0. The standard InChI is InChI=1S/C38H45F5N6O3Si/c1-23-6-5-11-46(17-23)21-33-45-34-30(38(41,42)43)20-48(37(51)35(34)49(33)22-52-12-13-53(2,3)4)32-15-25(14-31(44-32)24-7-8-24)28-10-9-26(39)16-29(28)36(50)47-18-27(40)19-47/h9-10,14-16,20,23-24,27H,5-8,11-13,17-19,21-22H2,1-4H3/t23-/m0/s1. The number of amides is 1. The predicted molar refractivity (Wildman–Crippen MR) is 194 cm³/mol. The van der Waals surface area contributed by atoms with Gasteiger partial charge in [-0.2, -0.15) is 13.2 Å². The molecule has 3 aromatic heterocycles. The summed E-state index contributed by atoms with van der Waals surface area (Å²) >= 11 is 0. The number of piperidine rings is 1. The van der Waals surface area contributed by atoms with Gasteiger partial charge >= 0.3 is 6.18 Å². The van der Waals surface area contributed by atoms with Crippen molar-refractivity contribution in [3.05, 3.63) is 75.3 Å². The van der Waals surface area contributed by atoms with E-state index in [2.05, 4.69) is 36.4 Å². The van der Waals surface area contributed by atoms with Gasteiger partial charge in [-0.05, 0) is 79.6 Å². The molecule has 1 amide bonds. The highest BCUT2D eigenvalue weighted by atomic mass is 28.3. The molecule has 15 heteroatoms. The van der Waals surface area contributed by atoms with Crippen molar-refractivity contribution in [3.63, 3.8) is 0 Å². The van der Waals surface area contributed by atoms with Crippen LogP contribution in [0.25, 0.3) is 28.0 Å². The number of aromatic nitrogens is 4. The summed E-state index contributed by atoms with van der Waals surface area (Å²) in [6.45, 7) is 10.5. The number of ether oxygens (including phenoxy) is 1. The van der Waals surface area contributed by atoms with Crippen LogP contribution in [0.4, 0.5) is 22.0 Å². The van der Waals surface area contributed by atoms with Crippen LogP contribution in [0.5, 0.6) is 0 Å². The number of imidazole rings is 1. The minimum Gasteiger partial charge on any atom is -0.361 e. The molecular weight excluding hydrogens is 712 g/mol. The van der Waals surface area contributed by atoms with Crippen molar-refractivity contribution < 1.29 is 31.5 Å². The Kier molecular flexibility index (Phi) is 10.1. The molecule has 0 spiro atoms. The van der Waals surface area contributed by atoms with Gasteiger partial charge in [-0.25, -0.2) is 18.7 Å². The molecule has 3 aliphatic rings. The number of fused-ring (bicyclic) bond motifs is 1. The van der Waals surface area contributed by atoms with Crippen LogP contribution < -0.4 is 5.56 Å². The second kappa shape index (κ2) is 14.4. The molecule has 53 heavy (non-hydrogen) atoms. The largest absolute Gasteiger partial charge is 0.419 e. The lowest BCUT2D eigenvalue weighted by Gasteiger charge is -2.34. The van der Waals surface area contributed by atoms with Crippen LogP contribution in [0, 0.1) is 11.7 Å². The Morgan fingerprint density at radius 2 is 1.79 bits per heavy atom. The van der Waals surface area contributed by atoms with Gasteiger partial charge in [0, 0.05) is 39.0 Å². The first-order valence-electron chi connectivity index (χ1n) is 18.3. The molecule has 9 nitrogen and oxygen atoms in total. The van der Waals surface area contributed by atoms with Crippen molar-refractivity contribution in [1.29, 1.82) is 0 Å². The molecular formula is C38H45F5N6O3Si. The smallest absolute Gasteiger partial charge is 0.361 e. The molecule has 0 N–H and O–H groups in total. The molecule has 0 unspecified atom stereocenters. The van der Waals surface area contributed by atoms with Crippen LogP contribution in [-0.4, -0.2) is 81.8 Å². The third-order valence-electron chi connectivity index (χ3n) is 10.3. The Morgan fingerprint density at radius 1 is 1.04 bits per heavy atom. The van der Waals surface area contributed by atoms with E-state index in [4.69, 9.17) is 9.72 Å². The van der Waals surface area contributed by atoms with Gasteiger partial charge in [-0.3, -0.25) is 23.6 Å². The number of hydrogen-bond acceptors (Lipinski definition) is 6. The van der Waals surface area contributed by atoms with E-state index in [0.29, 0.717) is 35.2 Å². The molecule has 0 bridgehead atoms. The van der Waals surface area contributed by atoms with Gasteiger partial charge in [-0.1, -0.05) is 32.6 Å². The van der Waals surface area contributed by atoms with E-state index in [0.717, 1.165) is 61.6 Å². The lowest BCUT2D eigenvalue weighted by molar-refractivity contribution is -0.136. The molecule has 1 aromatic carbocycles. The molecule has 284 valence electrons. The Hall–Kier alpha value is -3.95. The van der Waals surface area contributed by atoms with Crippen LogP contribution in [0.15, 0.2) is 41.3 Å². The lowest BCUT2D eigenvalue weighted by atomic mass is 9.96. The molecule has 2 aliphatic heterocycles. The Balaban J connectivity index is 1.39. The van der Waals surface area contributed by atoms with Gasteiger partial charge in [0.1, 0.15) is 47.0 Å². The second-order valence-corrected chi connectivity index (χ2v) is 21.7. The quantitative estimate of drug-likeness (QED) is 0.0890. The summed E-state index contributed by atoms with van der Waals surface area (Å²) in [5, 5.41) is 0. The van der Waals surface area contributed by atoms with Crippen molar-refractivity contribution in [1.82, 2.24) is 28.9 Å². The van der Waals surface area contributed by atoms with Crippen LogP contribution in [0.2, 0.25) is 25.7 Å². The molecule has 5 heterocycles. The van der Waals surface area contributed by atoms with Gasteiger partial charge in [0.05, 0.1) is 25.2 Å². The average Bonchev–Trinajstić information content (AvgIpc) is 3.86. The van der Waals surface area contributed by atoms with E-state index >= 15 is 0 Å². The van der Waals surface area contributed by atoms with Crippen LogP contribution >= 0.6 is 0 Å². The van der Waals surface area contributed by atoms with E-state index in [1.54, 1.807) is 6.07 Å². The lowest BCUT2D eigenvalue weighted by Crippen LogP contribution is -2.51. The fraction of sp³-hybridized carbons (Fsp3) is 0.526. The van der Waals surface area contributed by atoms with Crippen molar-refractivity contribution in [3.8, 4) is 16.9 Å². The zero-order chi connectivity index (χ0) is 37.8. The maximum atomic E-state index is 15.0. The average molecular weight is 757 g/mol. The van der Waals surface area contributed by atoms with E-state index in [-0.39, 0.29) is 49.2 Å². The summed E-state index contributed by atoms with van der Waals surface area (Å²) in [5.74, 6) is -0.569. The van der Waals surface area contributed by atoms with Crippen LogP contribution in [0.3, 0.4) is 0 Å². The maximum absolute atomic E-state index is 15.0. The van der Waals surface area contributed by atoms with Crippen molar-refractivity contribution in [2.45, 2.75) is 89.8 Å². The molecule has 4 aromatic rings. The third kappa shape index (κ3) is 8.11. The Labute approximate surface area is 305 Å². The van der Waals surface area contributed by atoms with Gasteiger partial charge < -0.3 is 9.64 Å². The van der Waals surface area contributed by atoms with Crippen LogP contribution in [0.1, 0.15) is 66.0 Å². The van der Waals surface area contributed by atoms with E-state index in [1.807, 2.05) is 0 Å². The molecule has 3 fully saturated rings. The van der Waals surface area contributed by atoms with Gasteiger partial charge in [0.2, 0.25) is 0 Å². The topological polar surface area (TPSA) is 85.5 Å². The monoisotopic (exact) mass is 756 g/mol. The van der Waals surface area contributed by atoms with Crippen LogP contribution in [-0.2, 0) is 24.2 Å². The number of carbonyl (C=O) groups is 1. The highest BCUT2D eigenvalue weighted by Gasteiger charge is 2.38. The van der Waals surface area contributed by atoms with Crippen molar-refractivity contribution in [2.75, 3.05) is 32.8 Å². The number of alkyl halides is 4. The van der Waals surface area contributed by atoms with E-state index < -0.39 is 48.8 Å². The first kappa shape index (κ1) is 37.4. The zero-order valence-corrected chi connectivity index (χ0v) is 31.5. The van der Waals surface area contributed by atoms with E-state index in [9.17, 15) is 31.5 Å². The van der Waals surface area contributed by atoms with Crippen molar-refractivity contribution in [2.24, 2.45) is 5.92 Å². The zero-order valence-electron chi connectivity index (χ0n) is 30.5. The van der Waals surface area contributed by atoms with Gasteiger partial charge in [0.15, 0.2) is 0 Å². The summed E-state index contributed by atoms with van der Waals surface area (Å²) in [6.07, 6.45) is -1.69. The second-order valence-electron chi connectivity index (χ2n) is 16.1. The Morgan fingerprint density at radius 3 is 2.45 bits per heavy atom. The third-order valence-corrected chi connectivity index (χ3v) is 12.0. The molecule has 1 saturated carbocycles. The Bertz CT molecular complexity index is 2080. The normalized spacial score (nSPS) is 18.9. The number of carbonyl (C=O) groups excluding carboxylic acids is 1. The minimum absolute atomic E-state index is 0.00123. The molecule has 2 saturated heterocycles. The minimum atomic E-state index is -4.87. The molecule has 1 atom stereocenters. The predicted octanol–water partition coefficient (Wildman–Crippen LogP) is 7.62. The maximum Gasteiger partial charge on any atom is 0.419 e.